The first-order valence-corrected chi connectivity index (χ1v) is 13.0. The van der Waals surface area contributed by atoms with Gasteiger partial charge in [-0.1, -0.05) is 60.2 Å². The molecular weight excluding hydrogens is 434 g/mol. The molecule has 2 N–H and O–H groups in total. The third kappa shape index (κ3) is 5.99. The quantitative estimate of drug-likeness (QED) is 0.504. The van der Waals surface area contributed by atoms with Crippen LogP contribution < -0.4 is 10.0 Å². The smallest absolute Gasteiger partial charge is 0.240 e. The Bertz CT molecular complexity index is 1200. The van der Waals surface area contributed by atoms with E-state index < -0.39 is 10.0 Å². The minimum absolute atomic E-state index is 0.0555. The molecule has 1 unspecified atom stereocenters. The molecule has 1 aliphatic heterocycles. The van der Waals surface area contributed by atoms with Crippen LogP contribution in [0.3, 0.4) is 0 Å². The van der Waals surface area contributed by atoms with Gasteiger partial charge in [-0.3, -0.25) is 9.69 Å². The number of hydrogen-bond acceptors (Lipinski definition) is 4. The molecular formula is C26H31N3O3S. The highest BCUT2D eigenvalue weighted by molar-refractivity contribution is 7.89. The van der Waals surface area contributed by atoms with Gasteiger partial charge in [0, 0.05) is 19.5 Å². The highest BCUT2D eigenvalue weighted by Crippen LogP contribution is 2.25. The third-order valence-electron chi connectivity index (χ3n) is 6.21. The number of fused-ring (bicyclic) bond motifs is 1. The molecule has 0 saturated carbocycles. The minimum atomic E-state index is -3.68. The van der Waals surface area contributed by atoms with Gasteiger partial charge in [-0.15, -0.1) is 0 Å². The summed E-state index contributed by atoms with van der Waals surface area (Å²) in [6.45, 7) is 4.69. The molecule has 0 bridgehead atoms. The standard InChI is InChI=1S/C26H31N3O3S/c1-20-8-10-22(11-9-20)25(29-16-4-5-17-29)19-27-26(30)14-15-28-33(31,32)24-13-12-21-6-2-3-7-23(21)18-24/h2-3,6-13,18,25,28H,4-5,14-17,19H2,1H3,(H,27,30). The van der Waals surface area contributed by atoms with Gasteiger partial charge >= 0.3 is 0 Å². The Morgan fingerprint density at radius 2 is 1.67 bits per heavy atom. The molecule has 3 aromatic rings. The lowest BCUT2D eigenvalue weighted by Crippen LogP contribution is -2.38. The van der Waals surface area contributed by atoms with E-state index in [-0.39, 0.29) is 29.8 Å². The van der Waals surface area contributed by atoms with Gasteiger partial charge in [0.25, 0.3) is 0 Å². The molecule has 0 spiro atoms. The lowest BCUT2D eigenvalue weighted by Gasteiger charge is -2.28. The summed E-state index contributed by atoms with van der Waals surface area (Å²) in [7, 11) is -3.68. The summed E-state index contributed by atoms with van der Waals surface area (Å²) >= 11 is 0. The lowest BCUT2D eigenvalue weighted by molar-refractivity contribution is -0.121. The maximum atomic E-state index is 12.7. The van der Waals surface area contributed by atoms with E-state index in [1.165, 1.54) is 24.0 Å². The van der Waals surface area contributed by atoms with Crippen LogP contribution in [0.1, 0.15) is 36.4 Å². The highest BCUT2D eigenvalue weighted by Gasteiger charge is 2.24. The number of rotatable bonds is 9. The van der Waals surface area contributed by atoms with Gasteiger partial charge in [0.1, 0.15) is 0 Å². The van der Waals surface area contributed by atoms with Crippen LogP contribution in [-0.4, -0.2) is 45.4 Å². The van der Waals surface area contributed by atoms with E-state index in [0.717, 1.165) is 23.9 Å². The Morgan fingerprint density at radius 1 is 0.970 bits per heavy atom. The predicted octanol–water partition coefficient (Wildman–Crippen LogP) is 3.77. The maximum absolute atomic E-state index is 12.7. The van der Waals surface area contributed by atoms with Crippen molar-refractivity contribution >= 4 is 26.7 Å². The molecule has 0 radical (unpaired) electrons. The molecule has 174 valence electrons. The summed E-state index contributed by atoms with van der Waals surface area (Å²) < 4.78 is 27.9. The summed E-state index contributed by atoms with van der Waals surface area (Å²) in [6, 6.07) is 21.2. The van der Waals surface area contributed by atoms with Crippen molar-refractivity contribution in [3.8, 4) is 0 Å². The van der Waals surface area contributed by atoms with E-state index in [1.807, 2.05) is 24.3 Å². The number of carbonyl (C=O) groups excluding carboxylic acids is 1. The van der Waals surface area contributed by atoms with Crippen molar-refractivity contribution in [1.82, 2.24) is 14.9 Å². The molecule has 33 heavy (non-hydrogen) atoms. The predicted molar refractivity (Wildman–Crippen MR) is 131 cm³/mol. The molecule has 1 atom stereocenters. The molecule has 4 rings (SSSR count). The summed E-state index contributed by atoms with van der Waals surface area (Å²) in [5.74, 6) is -0.160. The van der Waals surface area contributed by atoms with Crippen LogP contribution in [0.15, 0.2) is 71.6 Å². The van der Waals surface area contributed by atoms with Crippen LogP contribution in [0.2, 0.25) is 0 Å². The zero-order chi connectivity index (χ0) is 23.3. The normalized spacial score (nSPS) is 15.5. The van der Waals surface area contributed by atoms with E-state index >= 15 is 0 Å². The van der Waals surface area contributed by atoms with Gasteiger partial charge in [0.2, 0.25) is 15.9 Å². The molecule has 3 aromatic carbocycles. The highest BCUT2D eigenvalue weighted by atomic mass is 32.2. The average Bonchev–Trinajstić information content (AvgIpc) is 3.34. The molecule has 1 saturated heterocycles. The zero-order valence-corrected chi connectivity index (χ0v) is 19.8. The van der Waals surface area contributed by atoms with Gasteiger partial charge in [-0.2, -0.15) is 0 Å². The minimum Gasteiger partial charge on any atom is -0.354 e. The van der Waals surface area contributed by atoms with Crippen molar-refractivity contribution in [1.29, 1.82) is 0 Å². The van der Waals surface area contributed by atoms with E-state index in [0.29, 0.717) is 6.54 Å². The van der Waals surface area contributed by atoms with Crippen LogP contribution in [0.5, 0.6) is 0 Å². The number of benzene rings is 3. The first-order chi connectivity index (χ1) is 15.9. The molecule has 0 aliphatic carbocycles. The second-order valence-electron chi connectivity index (χ2n) is 8.63. The summed E-state index contributed by atoms with van der Waals surface area (Å²) in [6.07, 6.45) is 2.44. The van der Waals surface area contributed by atoms with E-state index in [1.54, 1.807) is 18.2 Å². The number of likely N-dealkylation sites (tertiary alicyclic amines) is 1. The number of nitrogens with zero attached hydrogens (tertiary/aromatic N) is 1. The lowest BCUT2D eigenvalue weighted by atomic mass is 10.0. The average molecular weight is 466 g/mol. The maximum Gasteiger partial charge on any atom is 0.240 e. The number of sulfonamides is 1. The summed E-state index contributed by atoms with van der Waals surface area (Å²) in [5.41, 5.74) is 2.40. The zero-order valence-electron chi connectivity index (χ0n) is 19.0. The van der Waals surface area contributed by atoms with Gasteiger partial charge < -0.3 is 5.32 Å². The number of amides is 1. The Labute approximate surface area is 196 Å². The summed E-state index contributed by atoms with van der Waals surface area (Å²) in [4.78, 5) is 15.1. The molecule has 6 nitrogen and oxygen atoms in total. The number of carbonyl (C=O) groups is 1. The fraction of sp³-hybridized carbons (Fsp3) is 0.346. The molecule has 7 heteroatoms. The molecule has 1 amide bonds. The fourth-order valence-electron chi connectivity index (χ4n) is 4.32. The van der Waals surface area contributed by atoms with Gasteiger partial charge in [0.05, 0.1) is 10.9 Å². The Balaban J connectivity index is 1.31. The van der Waals surface area contributed by atoms with Crippen molar-refractivity contribution in [2.45, 2.75) is 37.1 Å². The van der Waals surface area contributed by atoms with Crippen LogP contribution in [0, 0.1) is 6.92 Å². The number of aryl methyl sites for hydroxylation is 1. The van der Waals surface area contributed by atoms with E-state index in [9.17, 15) is 13.2 Å². The second kappa shape index (κ2) is 10.5. The van der Waals surface area contributed by atoms with E-state index in [2.05, 4.69) is 46.1 Å². The first kappa shape index (κ1) is 23.4. The first-order valence-electron chi connectivity index (χ1n) is 11.5. The van der Waals surface area contributed by atoms with Crippen LogP contribution in [0.25, 0.3) is 10.8 Å². The fourth-order valence-corrected chi connectivity index (χ4v) is 5.38. The topological polar surface area (TPSA) is 78.5 Å². The molecule has 1 heterocycles. The third-order valence-corrected chi connectivity index (χ3v) is 7.67. The van der Waals surface area contributed by atoms with Crippen molar-refractivity contribution in [3.63, 3.8) is 0 Å². The van der Waals surface area contributed by atoms with Crippen LogP contribution in [-0.2, 0) is 14.8 Å². The van der Waals surface area contributed by atoms with Crippen LogP contribution in [0.4, 0.5) is 0 Å². The van der Waals surface area contributed by atoms with Gasteiger partial charge in [-0.05, 0) is 61.3 Å². The monoisotopic (exact) mass is 465 g/mol. The Kier molecular flexibility index (Phi) is 7.42. The van der Waals surface area contributed by atoms with Crippen molar-refractivity contribution < 1.29 is 13.2 Å². The largest absolute Gasteiger partial charge is 0.354 e. The van der Waals surface area contributed by atoms with Crippen LogP contribution >= 0.6 is 0 Å². The van der Waals surface area contributed by atoms with Gasteiger partial charge in [-0.25, -0.2) is 13.1 Å². The van der Waals surface area contributed by atoms with Crippen molar-refractivity contribution in [3.05, 3.63) is 77.9 Å². The SMILES string of the molecule is Cc1ccc(C(CNC(=O)CCNS(=O)(=O)c2ccc3ccccc3c2)N2CCCC2)cc1. The number of nitrogens with one attached hydrogen (secondary N) is 2. The Hall–Kier alpha value is -2.74. The van der Waals surface area contributed by atoms with Crippen molar-refractivity contribution in [2.75, 3.05) is 26.2 Å². The summed E-state index contributed by atoms with van der Waals surface area (Å²) in [5, 5.41) is 4.85. The van der Waals surface area contributed by atoms with E-state index in [4.69, 9.17) is 0 Å². The second-order valence-corrected chi connectivity index (χ2v) is 10.4. The number of hydrogen-bond donors (Lipinski definition) is 2. The molecule has 0 aromatic heterocycles. The molecule has 1 aliphatic rings. The van der Waals surface area contributed by atoms with Crippen molar-refractivity contribution in [2.24, 2.45) is 0 Å². The Morgan fingerprint density at radius 3 is 2.39 bits per heavy atom. The molecule has 1 fully saturated rings. The van der Waals surface area contributed by atoms with Gasteiger partial charge in [0.15, 0.2) is 0 Å².